The number of aromatic nitrogens is 2. The number of carbonyl (C=O) groups excluding carboxylic acids is 2. The Hall–Kier alpha value is -3.32. The molecule has 2 heterocycles. The number of ketones is 1. The third-order valence-electron chi connectivity index (χ3n) is 4.86. The van der Waals surface area contributed by atoms with Gasteiger partial charge >= 0.3 is 0 Å². The lowest BCUT2D eigenvalue weighted by atomic mass is 10.0. The van der Waals surface area contributed by atoms with Crippen molar-refractivity contribution in [3.05, 3.63) is 65.3 Å². The molecule has 0 unspecified atom stereocenters. The molecule has 1 aromatic carbocycles. The van der Waals surface area contributed by atoms with E-state index in [2.05, 4.69) is 34.5 Å². The molecule has 7 heteroatoms. The van der Waals surface area contributed by atoms with Crippen LogP contribution in [0.5, 0.6) is 0 Å². The van der Waals surface area contributed by atoms with Crippen molar-refractivity contribution in [2.75, 3.05) is 18.5 Å². The number of pyridine rings is 1. The molecule has 0 fully saturated rings. The molecule has 1 amide bonds. The molecule has 0 spiro atoms. The number of anilines is 1. The number of hydrogen-bond acceptors (Lipinski definition) is 6. The van der Waals surface area contributed by atoms with Crippen molar-refractivity contribution in [3.63, 3.8) is 0 Å². The second kappa shape index (κ2) is 9.45. The van der Waals surface area contributed by atoms with Crippen LogP contribution in [0.3, 0.4) is 0 Å². The predicted octanol–water partition coefficient (Wildman–Crippen LogP) is 3.56. The third kappa shape index (κ3) is 4.99. The van der Waals surface area contributed by atoms with E-state index in [1.807, 2.05) is 31.2 Å². The van der Waals surface area contributed by atoms with Gasteiger partial charge in [-0.15, -0.1) is 0 Å². The van der Waals surface area contributed by atoms with Gasteiger partial charge in [0.05, 0.1) is 24.5 Å². The predicted molar refractivity (Wildman–Crippen MR) is 115 cm³/mol. The van der Waals surface area contributed by atoms with Gasteiger partial charge in [-0.25, -0.2) is 0 Å². The second-order valence-corrected chi connectivity index (χ2v) is 7.19. The number of hydrogen-bond donors (Lipinski definition) is 1. The monoisotopic (exact) mass is 406 g/mol. The zero-order chi connectivity index (χ0) is 21.7. The summed E-state index contributed by atoms with van der Waals surface area (Å²) in [6.07, 6.45) is 2.60. The summed E-state index contributed by atoms with van der Waals surface area (Å²) in [6, 6.07) is 11.8. The molecule has 156 valence electrons. The number of nitrogens with zero attached hydrogens (tertiary/aromatic N) is 3. The van der Waals surface area contributed by atoms with Crippen molar-refractivity contribution in [1.82, 2.24) is 15.5 Å². The van der Waals surface area contributed by atoms with E-state index in [1.165, 1.54) is 17.4 Å². The van der Waals surface area contributed by atoms with Crippen LogP contribution in [-0.4, -0.2) is 35.4 Å². The van der Waals surface area contributed by atoms with Crippen LogP contribution in [0, 0.1) is 6.92 Å². The molecule has 3 aromatic rings. The maximum atomic E-state index is 12.7. The van der Waals surface area contributed by atoms with Crippen LogP contribution < -0.4 is 10.2 Å². The fourth-order valence-electron chi connectivity index (χ4n) is 3.15. The number of carbonyl (C=O) groups is 2. The van der Waals surface area contributed by atoms with Crippen LogP contribution in [0.25, 0.3) is 11.1 Å². The third-order valence-corrected chi connectivity index (χ3v) is 4.86. The van der Waals surface area contributed by atoms with Gasteiger partial charge in [-0.2, -0.15) is 0 Å². The van der Waals surface area contributed by atoms with Gasteiger partial charge in [0.25, 0.3) is 0 Å². The first-order chi connectivity index (χ1) is 14.4. The van der Waals surface area contributed by atoms with Gasteiger partial charge in [-0.1, -0.05) is 36.3 Å². The minimum Gasteiger partial charge on any atom is -0.360 e. The van der Waals surface area contributed by atoms with Gasteiger partial charge in [0.2, 0.25) is 5.91 Å². The summed E-state index contributed by atoms with van der Waals surface area (Å²) in [5, 5.41) is 6.87. The average molecular weight is 406 g/mol. The van der Waals surface area contributed by atoms with Crippen molar-refractivity contribution >= 4 is 17.4 Å². The van der Waals surface area contributed by atoms with Crippen molar-refractivity contribution in [2.45, 2.75) is 33.7 Å². The zero-order valence-electron chi connectivity index (χ0n) is 17.7. The van der Waals surface area contributed by atoms with Gasteiger partial charge in [-0.05, 0) is 30.5 Å². The van der Waals surface area contributed by atoms with Crippen LogP contribution in [0.4, 0.5) is 5.69 Å². The number of amides is 1. The molecule has 2 aromatic heterocycles. The highest BCUT2D eigenvalue weighted by Crippen LogP contribution is 2.27. The molecule has 0 aliphatic carbocycles. The first-order valence-electron chi connectivity index (χ1n) is 9.88. The highest BCUT2D eigenvalue weighted by Gasteiger charge is 2.19. The minimum atomic E-state index is -0.191. The molecule has 7 nitrogen and oxygen atoms in total. The summed E-state index contributed by atoms with van der Waals surface area (Å²) >= 11 is 0. The molecular weight excluding hydrogens is 380 g/mol. The minimum absolute atomic E-state index is 0.0864. The number of Topliss-reactive ketones (excluding diaryl/α,β-unsaturated/α-hetero) is 1. The molecule has 0 radical (unpaired) electrons. The summed E-state index contributed by atoms with van der Waals surface area (Å²) in [6.45, 7) is 5.86. The molecule has 0 saturated carbocycles. The van der Waals surface area contributed by atoms with Crippen LogP contribution in [0.15, 0.2) is 47.1 Å². The van der Waals surface area contributed by atoms with Crippen LogP contribution in [-0.2, 0) is 17.8 Å². The zero-order valence-corrected chi connectivity index (χ0v) is 17.7. The summed E-state index contributed by atoms with van der Waals surface area (Å²) in [4.78, 5) is 30.7. The molecule has 0 aliphatic heterocycles. The van der Waals surface area contributed by atoms with E-state index in [1.54, 1.807) is 13.2 Å². The normalized spacial score (nSPS) is 10.8. The van der Waals surface area contributed by atoms with E-state index < -0.39 is 0 Å². The number of nitrogens with one attached hydrogen (secondary N) is 1. The van der Waals surface area contributed by atoms with E-state index in [9.17, 15) is 9.59 Å². The SMILES string of the molecule is CCc1cccc(-c2cnc(C(C)=O)c(N(C)C(=O)CNCc3cc(C)no3)c2)c1. The van der Waals surface area contributed by atoms with E-state index in [4.69, 9.17) is 4.52 Å². The van der Waals surface area contributed by atoms with Gasteiger partial charge in [0, 0.05) is 31.8 Å². The van der Waals surface area contributed by atoms with E-state index in [0.29, 0.717) is 18.0 Å². The first kappa shape index (κ1) is 21.4. The second-order valence-electron chi connectivity index (χ2n) is 7.19. The van der Waals surface area contributed by atoms with Gasteiger partial charge in [0.1, 0.15) is 5.69 Å². The fourth-order valence-corrected chi connectivity index (χ4v) is 3.15. The van der Waals surface area contributed by atoms with Crippen LogP contribution in [0.1, 0.15) is 41.4 Å². The number of aryl methyl sites for hydroxylation is 2. The maximum absolute atomic E-state index is 12.7. The molecule has 30 heavy (non-hydrogen) atoms. The lowest BCUT2D eigenvalue weighted by Crippen LogP contribution is -2.36. The average Bonchev–Trinajstić information content (AvgIpc) is 3.17. The summed E-state index contributed by atoms with van der Waals surface area (Å²) < 4.78 is 5.13. The Bertz CT molecular complexity index is 1060. The number of likely N-dealkylation sites (N-methyl/N-ethyl adjacent to an activating group) is 1. The Morgan fingerprint density at radius 2 is 1.97 bits per heavy atom. The quantitative estimate of drug-likeness (QED) is 0.576. The lowest BCUT2D eigenvalue weighted by Gasteiger charge is -2.20. The highest BCUT2D eigenvalue weighted by molar-refractivity contribution is 6.04. The standard InChI is InChI=1S/C23H26N4O3/c1-5-17-7-6-8-18(10-17)19-11-21(23(16(3)28)25-12-19)27(4)22(29)14-24-13-20-9-15(2)26-30-20/h6-12,24H,5,13-14H2,1-4H3. The summed E-state index contributed by atoms with van der Waals surface area (Å²) in [5.41, 5.74) is 4.61. The van der Waals surface area contributed by atoms with Crippen LogP contribution >= 0.6 is 0 Å². The number of benzene rings is 1. The largest absolute Gasteiger partial charge is 0.360 e. The first-order valence-corrected chi connectivity index (χ1v) is 9.88. The Balaban J connectivity index is 1.80. The Morgan fingerprint density at radius 1 is 1.17 bits per heavy atom. The van der Waals surface area contributed by atoms with Gasteiger partial charge in [0.15, 0.2) is 11.5 Å². The molecule has 0 atom stereocenters. The Morgan fingerprint density at radius 3 is 2.63 bits per heavy atom. The molecule has 0 bridgehead atoms. The van der Waals surface area contributed by atoms with E-state index in [-0.39, 0.29) is 23.9 Å². The van der Waals surface area contributed by atoms with Crippen molar-refractivity contribution < 1.29 is 14.1 Å². The van der Waals surface area contributed by atoms with Gasteiger partial charge < -0.3 is 14.7 Å². The summed E-state index contributed by atoms with van der Waals surface area (Å²) in [5.74, 6) is 0.283. The Kier molecular flexibility index (Phi) is 6.74. The van der Waals surface area contributed by atoms with Gasteiger partial charge in [-0.3, -0.25) is 14.6 Å². The summed E-state index contributed by atoms with van der Waals surface area (Å²) in [7, 11) is 1.65. The molecule has 0 aliphatic rings. The maximum Gasteiger partial charge on any atom is 0.240 e. The van der Waals surface area contributed by atoms with E-state index >= 15 is 0 Å². The van der Waals surface area contributed by atoms with Crippen LogP contribution in [0.2, 0.25) is 0 Å². The molecule has 0 saturated heterocycles. The Labute approximate surface area is 176 Å². The highest BCUT2D eigenvalue weighted by atomic mass is 16.5. The molecule has 3 rings (SSSR count). The van der Waals surface area contributed by atoms with Crippen molar-refractivity contribution in [2.24, 2.45) is 0 Å². The molecule has 1 N–H and O–H groups in total. The molecular formula is C23H26N4O3. The van der Waals surface area contributed by atoms with Crippen molar-refractivity contribution in [1.29, 1.82) is 0 Å². The topological polar surface area (TPSA) is 88.3 Å². The number of rotatable bonds is 8. The lowest BCUT2D eigenvalue weighted by molar-refractivity contribution is -0.117. The smallest absolute Gasteiger partial charge is 0.240 e. The van der Waals surface area contributed by atoms with E-state index in [0.717, 1.165) is 23.2 Å². The fraction of sp³-hybridized carbons (Fsp3) is 0.304. The van der Waals surface area contributed by atoms with Crippen molar-refractivity contribution in [3.8, 4) is 11.1 Å².